The normalized spacial score (nSPS) is 24.4. The summed E-state index contributed by atoms with van der Waals surface area (Å²) in [4.78, 5) is 4.30. The van der Waals surface area contributed by atoms with Crippen LogP contribution in [-0.4, -0.2) is 11.1 Å². The second-order valence-electron chi connectivity index (χ2n) is 4.61. The number of nitrogens with one attached hydrogen (secondary N) is 1. The number of aromatic nitrogens is 1. The molecule has 1 aromatic heterocycles. The monoisotopic (exact) mass is 235 g/mol. The third-order valence-corrected chi connectivity index (χ3v) is 3.51. The van der Waals surface area contributed by atoms with Crippen LogP contribution in [-0.2, 0) is 0 Å². The number of anilines is 1. The number of nitrogen functional groups attached to an aromatic ring is 1. The summed E-state index contributed by atoms with van der Waals surface area (Å²) in [6.07, 6.45) is 6.50. The first-order valence-electron chi connectivity index (χ1n) is 6.43. The van der Waals surface area contributed by atoms with Crippen LogP contribution in [0.2, 0.25) is 0 Å². The van der Waals surface area contributed by atoms with Crippen LogP contribution in [0, 0.1) is 5.92 Å². The van der Waals surface area contributed by atoms with Gasteiger partial charge in [-0.3, -0.25) is 0 Å². The highest BCUT2D eigenvalue weighted by Crippen LogP contribution is 2.30. The first-order valence-corrected chi connectivity index (χ1v) is 6.43. The summed E-state index contributed by atoms with van der Waals surface area (Å²) in [7, 11) is 0. The first kappa shape index (κ1) is 12.2. The molecule has 0 saturated heterocycles. The Balaban J connectivity index is 2.02. The summed E-state index contributed by atoms with van der Waals surface area (Å²) in [5, 5.41) is 0. The molecule has 0 aliphatic heterocycles. The Labute approximate surface area is 103 Å². The Morgan fingerprint density at radius 1 is 1.41 bits per heavy atom. The van der Waals surface area contributed by atoms with Crippen LogP contribution >= 0.6 is 0 Å². The van der Waals surface area contributed by atoms with E-state index in [1.54, 1.807) is 0 Å². The molecule has 2 unspecified atom stereocenters. The number of ether oxygens (including phenoxy) is 1. The molecule has 1 heterocycles. The molecular formula is C13H21N3O. The molecule has 2 atom stereocenters. The van der Waals surface area contributed by atoms with Gasteiger partial charge in [-0.15, -0.1) is 0 Å². The number of pyridine rings is 1. The summed E-state index contributed by atoms with van der Waals surface area (Å²) in [5.41, 5.74) is 2.54. The number of nitrogens with two attached hydrogens (primary N) is 1. The highest BCUT2D eigenvalue weighted by atomic mass is 16.5. The summed E-state index contributed by atoms with van der Waals surface area (Å²) in [6, 6.07) is 5.62. The largest absolute Gasteiger partial charge is 0.474 e. The van der Waals surface area contributed by atoms with Crippen LogP contribution in [0.5, 0.6) is 5.88 Å². The van der Waals surface area contributed by atoms with Crippen molar-refractivity contribution in [3.05, 3.63) is 18.2 Å². The maximum Gasteiger partial charge on any atom is 0.215 e. The van der Waals surface area contributed by atoms with E-state index < -0.39 is 0 Å². The van der Waals surface area contributed by atoms with Gasteiger partial charge in [-0.1, -0.05) is 19.4 Å². The number of rotatable bonds is 4. The van der Waals surface area contributed by atoms with Crippen LogP contribution in [0.25, 0.3) is 0 Å². The Morgan fingerprint density at radius 2 is 2.24 bits per heavy atom. The fraction of sp³-hybridized carbons (Fsp3) is 0.615. The lowest BCUT2D eigenvalue weighted by Gasteiger charge is -2.30. The van der Waals surface area contributed by atoms with Crippen molar-refractivity contribution >= 4 is 5.82 Å². The molecule has 1 saturated carbocycles. The van der Waals surface area contributed by atoms with E-state index in [1.807, 2.05) is 18.2 Å². The third kappa shape index (κ3) is 3.09. The van der Waals surface area contributed by atoms with Gasteiger partial charge in [-0.25, -0.2) is 5.84 Å². The molecule has 4 nitrogen and oxygen atoms in total. The van der Waals surface area contributed by atoms with E-state index >= 15 is 0 Å². The molecule has 0 spiro atoms. The minimum absolute atomic E-state index is 0.314. The second kappa shape index (κ2) is 5.87. The average molecular weight is 235 g/mol. The molecule has 0 amide bonds. The van der Waals surface area contributed by atoms with Crippen molar-refractivity contribution in [3.8, 4) is 5.88 Å². The van der Waals surface area contributed by atoms with Crippen LogP contribution in [0.15, 0.2) is 18.2 Å². The van der Waals surface area contributed by atoms with E-state index in [2.05, 4.69) is 17.3 Å². The van der Waals surface area contributed by atoms with Gasteiger partial charge in [-0.05, 0) is 37.7 Å². The predicted molar refractivity (Wildman–Crippen MR) is 68.7 cm³/mol. The van der Waals surface area contributed by atoms with Gasteiger partial charge in [0.15, 0.2) is 0 Å². The van der Waals surface area contributed by atoms with Gasteiger partial charge in [-0.2, -0.15) is 4.98 Å². The van der Waals surface area contributed by atoms with Crippen molar-refractivity contribution in [1.82, 2.24) is 4.98 Å². The molecule has 17 heavy (non-hydrogen) atoms. The maximum absolute atomic E-state index is 5.99. The van der Waals surface area contributed by atoms with Gasteiger partial charge in [0.25, 0.3) is 0 Å². The van der Waals surface area contributed by atoms with E-state index in [0.717, 1.165) is 6.42 Å². The van der Waals surface area contributed by atoms with Crippen molar-refractivity contribution in [2.75, 3.05) is 5.43 Å². The molecule has 3 N–H and O–H groups in total. The summed E-state index contributed by atoms with van der Waals surface area (Å²) in [6.45, 7) is 2.23. The van der Waals surface area contributed by atoms with Crippen LogP contribution < -0.4 is 16.0 Å². The molecule has 1 fully saturated rings. The third-order valence-electron chi connectivity index (χ3n) is 3.51. The maximum atomic E-state index is 5.99. The van der Waals surface area contributed by atoms with Gasteiger partial charge in [0, 0.05) is 6.07 Å². The minimum Gasteiger partial charge on any atom is -0.474 e. The first-order chi connectivity index (χ1) is 8.33. The van der Waals surface area contributed by atoms with Crippen molar-refractivity contribution in [1.29, 1.82) is 0 Å². The molecule has 0 aromatic carbocycles. The number of hydrogen-bond donors (Lipinski definition) is 2. The lowest BCUT2D eigenvalue weighted by molar-refractivity contribution is 0.0860. The zero-order valence-corrected chi connectivity index (χ0v) is 10.4. The molecular weight excluding hydrogens is 214 g/mol. The quantitative estimate of drug-likeness (QED) is 0.622. The molecule has 0 radical (unpaired) electrons. The Bertz CT molecular complexity index is 356. The van der Waals surface area contributed by atoms with Crippen molar-refractivity contribution in [3.63, 3.8) is 0 Å². The van der Waals surface area contributed by atoms with Crippen molar-refractivity contribution < 1.29 is 4.74 Å². The van der Waals surface area contributed by atoms with E-state index in [-0.39, 0.29) is 0 Å². The van der Waals surface area contributed by atoms with Gasteiger partial charge < -0.3 is 10.2 Å². The molecule has 94 valence electrons. The summed E-state index contributed by atoms with van der Waals surface area (Å²) < 4.78 is 5.99. The highest BCUT2D eigenvalue weighted by Gasteiger charge is 2.25. The molecule has 4 heteroatoms. The lowest BCUT2D eigenvalue weighted by atomic mass is 9.85. The number of hydrazine groups is 1. The van der Waals surface area contributed by atoms with Gasteiger partial charge >= 0.3 is 0 Å². The summed E-state index contributed by atoms with van der Waals surface area (Å²) in [5.74, 6) is 7.32. The second-order valence-corrected chi connectivity index (χ2v) is 4.61. The molecule has 1 aliphatic carbocycles. The van der Waals surface area contributed by atoms with Crippen LogP contribution in [0.4, 0.5) is 5.82 Å². The predicted octanol–water partition coefficient (Wildman–Crippen LogP) is 2.71. The van der Waals surface area contributed by atoms with Crippen molar-refractivity contribution in [2.24, 2.45) is 11.8 Å². The Kier molecular flexibility index (Phi) is 4.20. The summed E-state index contributed by atoms with van der Waals surface area (Å²) >= 11 is 0. The molecule has 0 bridgehead atoms. The minimum atomic E-state index is 0.314. The fourth-order valence-electron chi connectivity index (χ4n) is 2.51. The van der Waals surface area contributed by atoms with Gasteiger partial charge in [0.1, 0.15) is 11.9 Å². The molecule has 1 aliphatic rings. The van der Waals surface area contributed by atoms with E-state index in [1.165, 1.54) is 25.7 Å². The van der Waals surface area contributed by atoms with E-state index in [4.69, 9.17) is 10.6 Å². The van der Waals surface area contributed by atoms with Crippen molar-refractivity contribution in [2.45, 2.75) is 45.1 Å². The zero-order valence-electron chi connectivity index (χ0n) is 10.4. The SMILES string of the molecule is CCC1CCCCC1Oc1cccc(NN)n1. The molecule has 2 rings (SSSR count). The smallest absolute Gasteiger partial charge is 0.215 e. The van der Waals surface area contributed by atoms with E-state index in [0.29, 0.717) is 23.7 Å². The zero-order chi connectivity index (χ0) is 12.1. The Hall–Kier alpha value is -1.29. The lowest BCUT2D eigenvalue weighted by Crippen LogP contribution is -2.30. The van der Waals surface area contributed by atoms with Gasteiger partial charge in [0.2, 0.25) is 5.88 Å². The number of nitrogens with zero attached hydrogens (tertiary/aromatic N) is 1. The van der Waals surface area contributed by atoms with Crippen LogP contribution in [0.1, 0.15) is 39.0 Å². The highest BCUT2D eigenvalue weighted by molar-refractivity contribution is 5.35. The standard InChI is InChI=1S/C13H21N3O/c1-2-10-6-3-4-7-11(10)17-13-9-5-8-12(15-13)16-14/h5,8-11H,2-4,6-7,14H2,1H3,(H,15,16). The Morgan fingerprint density at radius 3 is 3.00 bits per heavy atom. The van der Waals surface area contributed by atoms with E-state index in [9.17, 15) is 0 Å². The van der Waals surface area contributed by atoms with Gasteiger partial charge in [0.05, 0.1) is 0 Å². The van der Waals surface area contributed by atoms with Crippen LogP contribution in [0.3, 0.4) is 0 Å². The fourth-order valence-corrected chi connectivity index (χ4v) is 2.51. The molecule has 1 aromatic rings. The number of hydrogen-bond acceptors (Lipinski definition) is 4. The average Bonchev–Trinajstić information content (AvgIpc) is 2.39. The topological polar surface area (TPSA) is 60.2 Å².